The lowest BCUT2D eigenvalue weighted by atomic mass is 10.0. The van der Waals surface area contributed by atoms with Crippen LogP contribution in [0.25, 0.3) is 5.57 Å². The van der Waals surface area contributed by atoms with Gasteiger partial charge < -0.3 is 0 Å². The molecule has 0 amide bonds. The molecule has 0 saturated heterocycles. The Morgan fingerprint density at radius 3 is 2.37 bits per heavy atom. The van der Waals surface area contributed by atoms with Crippen LogP contribution in [0.15, 0.2) is 46.0 Å². The molecule has 0 atom stereocenters. The smallest absolute Gasteiger partial charge is 0.126 e. The molecule has 19 heavy (non-hydrogen) atoms. The summed E-state index contributed by atoms with van der Waals surface area (Å²) in [5.74, 6) is -1.19. The number of allylic oxidation sites excluding steroid dienone is 1. The quantitative estimate of drug-likeness (QED) is 0.663. The molecule has 0 aliphatic rings. The highest BCUT2D eigenvalue weighted by Gasteiger charge is 2.09. The van der Waals surface area contributed by atoms with Crippen LogP contribution in [0, 0.1) is 11.6 Å². The summed E-state index contributed by atoms with van der Waals surface area (Å²) in [6, 6.07) is 7.06. The number of hydrogen-bond acceptors (Lipinski definition) is 1. The molecule has 2 rings (SSSR count). The molecular weight excluding hydrogens is 380 g/mol. The molecule has 1 heterocycles. The summed E-state index contributed by atoms with van der Waals surface area (Å²) in [5, 5.41) is 0. The summed E-state index contributed by atoms with van der Waals surface area (Å²) in [4.78, 5) is 4.30. The average Bonchev–Trinajstić information content (AvgIpc) is 2.30. The number of pyridine rings is 1. The average molecular weight is 389 g/mol. The Morgan fingerprint density at radius 2 is 1.74 bits per heavy atom. The van der Waals surface area contributed by atoms with Crippen molar-refractivity contribution < 1.29 is 8.78 Å². The molecule has 98 valence electrons. The van der Waals surface area contributed by atoms with Gasteiger partial charge in [-0.25, -0.2) is 13.8 Å². The first-order valence-corrected chi connectivity index (χ1v) is 6.99. The Labute approximate surface area is 126 Å². The Morgan fingerprint density at radius 1 is 1.11 bits per heavy atom. The van der Waals surface area contributed by atoms with E-state index in [4.69, 9.17) is 0 Å². The van der Waals surface area contributed by atoms with Gasteiger partial charge >= 0.3 is 0 Å². The van der Waals surface area contributed by atoms with Crippen molar-refractivity contribution in [3.05, 3.63) is 68.9 Å². The van der Waals surface area contributed by atoms with Crippen molar-refractivity contribution in [3.63, 3.8) is 0 Å². The highest BCUT2D eigenvalue weighted by Crippen LogP contribution is 2.26. The van der Waals surface area contributed by atoms with Crippen LogP contribution >= 0.6 is 31.9 Å². The highest BCUT2D eigenvalue weighted by atomic mass is 79.9. The topological polar surface area (TPSA) is 12.9 Å². The van der Waals surface area contributed by atoms with E-state index in [1.807, 2.05) is 6.07 Å². The Bertz CT molecular complexity index is 621. The third-order valence-electron chi connectivity index (χ3n) is 2.49. The predicted octanol–water partition coefficient (Wildman–Crippen LogP) is 5.14. The number of rotatable bonds is 3. The number of benzene rings is 1. The minimum atomic E-state index is -0.593. The van der Waals surface area contributed by atoms with Crippen molar-refractivity contribution in [2.45, 2.75) is 6.42 Å². The minimum absolute atomic E-state index is 0.330. The van der Waals surface area contributed by atoms with Crippen molar-refractivity contribution in [2.24, 2.45) is 0 Å². The number of nitrogens with zero attached hydrogens (tertiary/aromatic N) is 1. The zero-order valence-corrected chi connectivity index (χ0v) is 12.9. The molecule has 5 heteroatoms. The molecule has 0 spiro atoms. The van der Waals surface area contributed by atoms with Gasteiger partial charge in [-0.1, -0.05) is 6.58 Å². The maximum Gasteiger partial charge on any atom is 0.126 e. The van der Waals surface area contributed by atoms with E-state index >= 15 is 0 Å². The fourth-order valence-corrected chi connectivity index (χ4v) is 2.52. The van der Waals surface area contributed by atoms with Gasteiger partial charge in [0.15, 0.2) is 0 Å². The van der Waals surface area contributed by atoms with Crippen molar-refractivity contribution in [1.29, 1.82) is 0 Å². The van der Waals surface area contributed by atoms with Gasteiger partial charge in [0.1, 0.15) is 16.2 Å². The predicted molar refractivity (Wildman–Crippen MR) is 78.7 cm³/mol. The second kappa shape index (κ2) is 5.92. The lowest BCUT2D eigenvalue weighted by Gasteiger charge is -2.08. The van der Waals surface area contributed by atoms with Crippen LogP contribution in [0.5, 0.6) is 0 Å². The number of aromatic nitrogens is 1. The molecule has 2 aromatic rings. The van der Waals surface area contributed by atoms with Gasteiger partial charge in [0.2, 0.25) is 0 Å². The first-order chi connectivity index (χ1) is 8.95. The van der Waals surface area contributed by atoms with E-state index in [0.717, 1.165) is 10.5 Å². The molecule has 0 saturated carbocycles. The van der Waals surface area contributed by atoms with Crippen molar-refractivity contribution in [3.8, 4) is 0 Å². The van der Waals surface area contributed by atoms with Crippen LogP contribution in [0.2, 0.25) is 0 Å². The molecule has 0 N–H and O–H groups in total. The van der Waals surface area contributed by atoms with Crippen LogP contribution in [-0.4, -0.2) is 4.98 Å². The van der Waals surface area contributed by atoms with Gasteiger partial charge in [-0.3, -0.25) is 0 Å². The maximum atomic E-state index is 13.1. The molecule has 1 aromatic carbocycles. The monoisotopic (exact) mass is 387 g/mol. The van der Waals surface area contributed by atoms with Gasteiger partial charge in [-0.2, -0.15) is 0 Å². The van der Waals surface area contributed by atoms with Crippen LogP contribution in [-0.2, 0) is 6.42 Å². The van der Waals surface area contributed by atoms with E-state index in [-0.39, 0.29) is 0 Å². The van der Waals surface area contributed by atoms with E-state index in [0.29, 0.717) is 27.9 Å². The van der Waals surface area contributed by atoms with E-state index < -0.39 is 11.6 Å². The van der Waals surface area contributed by atoms with Crippen LogP contribution < -0.4 is 0 Å². The van der Waals surface area contributed by atoms with Gasteiger partial charge in [0.05, 0.1) is 5.69 Å². The molecular formula is C14H9Br2F2N. The summed E-state index contributed by atoms with van der Waals surface area (Å²) in [7, 11) is 0. The minimum Gasteiger partial charge on any atom is -0.240 e. The van der Waals surface area contributed by atoms with Crippen molar-refractivity contribution in [1.82, 2.24) is 4.98 Å². The van der Waals surface area contributed by atoms with E-state index in [1.165, 1.54) is 12.1 Å². The molecule has 0 unspecified atom stereocenters. The fraction of sp³-hybridized carbons (Fsp3) is 0.0714. The SMILES string of the molecule is C=C(Cc1cc(F)cc(F)c1)c1nc(Br)ccc1Br. The van der Waals surface area contributed by atoms with Gasteiger partial charge in [-0.05, 0) is 73.7 Å². The molecule has 0 aliphatic heterocycles. The summed E-state index contributed by atoms with van der Waals surface area (Å²) in [6.45, 7) is 3.92. The lowest BCUT2D eigenvalue weighted by molar-refractivity contribution is 0.581. The number of halogens is 4. The summed E-state index contributed by atoms with van der Waals surface area (Å²) in [6.07, 6.45) is 0.330. The largest absolute Gasteiger partial charge is 0.240 e. The third-order valence-corrected chi connectivity index (χ3v) is 3.57. The molecule has 1 nitrogen and oxygen atoms in total. The maximum absolute atomic E-state index is 13.1. The standard InChI is InChI=1S/C14H9Br2F2N/c1-8(14-12(15)2-3-13(16)19-14)4-9-5-10(17)7-11(18)6-9/h2-3,5-7H,1,4H2. The summed E-state index contributed by atoms with van der Waals surface area (Å²) >= 11 is 6.66. The van der Waals surface area contributed by atoms with E-state index in [9.17, 15) is 8.78 Å². The Hall–Kier alpha value is -1.07. The molecule has 0 aliphatic carbocycles. The van der Waals surface area contributed by atoms with Crippen LogP contribution in [0.4, 0.5) is 8.78 Å². The molecule has 0 bridgehead atoms. The fourth-order valence-electron chi connectivity index (χ4n) is 1.71. The van der Waals surface area contributed by atoms with Crippen LogP contribution in [0.3, 0.4) is 0 Å². The normalized spacial score (nSPS) is 10.5. The Balaban J connectivity index is 2.28. The van der Waals surface area contributed by atoms with Crippen molar-refractivity contribution in [2.75, 3.05) is 0 Å². The van der Waals surface area contributed by atoms with E-state index in [1.54, 1.807) is 6.07 Å². The second-order valence-corrected chi connectivity index (χ2v) is 5.69. The summed E-state index contributed by atoms with van der Waals surface area (Å²) < 4.78 is 27.7. The zero-order valence-electron chi connectivity index (χ0n) is 9.76. The molecule has 1 aromatic heterocycles. The van der Waals surface area contributed by atoms with Gasteiger partial charge in [0, 0.05) is 10.5 Å². The molecule has 0 fully saturated rings. The van der Waals surface area contributed by atoms with Crippen LogP contribution in [0.1, 0.15) is 11.3 Å². The highest BCUT2D eigenvalue weighted by molar-refractivity contribution is 9.11. The van der Waals surface area contributed by atoms with Gasteiger partial charge in [-0.15, -0.1) is 0 Å². The lowest BCUT2D eigenvalue weighted by Crippen LogP contribution is -1.96. The zero-order chi connectivity index (χ0) is 14.0. The van der Waals surface area contributed by atoms with Crippen molar-refractivity contribution >= 4 is 37.4 Å². The number of hydrogen-bond donors (Lipinski definition) is 0. The first-order valence-electron chi connectivity index (χ1n) is 5.41. The second-order valence-electron chi connectivity index (χ2n) is 4.02. The summed E-state index contributed by atoms with van der Waals surface area (Å²) in [5.41, 5.74) is 1.87. The first kappa shape index (κ1) is 14.3. The van der Waals surface area contributed by atoms with Gasteiger partial charge in [0.25, 0.3) is 0 Å². The third kappa shape index (κ3) is 3.70. The Kier molecular flexibility index (Phi) is 4.47. The molecule has 0 radical (unpaired) electrons. The van der Waals surface area contributed by atoms with E-state index in [2.05, 4.69) is 43.4 Å².